The van der Waals surface area contributed by atoms with Crippen molar-refractivity contribution in [2.75, 3.05) is 13.7 Å². The van der Waals surface area contributed by atoms with Crippen LogP contribution >= 0.6 is 0 Å². The maximum atomic E-state index is 12.1. The van der Waals surface area contributed by atoms with Crippen molar-refractivity contribution in [3.8, 4) is 18.6 Å². The molecule has 4 nitrogen and oxygen atoms in total. The summed E-state index contributed by atoms with van der Waals surface area (Å²) in [7, 11) is 1.66. The number of terminal acetylenes is 1. The van der Waals surface area contributed by atoms with Gasteiger partial charge >= 0.3 is 0 Å². The van der Waals surface area contributed by atoms with Gasteiger partial charge in [-0.1, -0.05) is 58.9 Å². The molecule has 0 saturated heterocycles. The molecule has 2 N–H and O–H groups in total. The molecule has 1 atom stereocenters. The van der Waals surface area contributed by atoms with Gasteiger partial charge in [0.1, 0.15) is 18.0 Å². The third-order valence-corrected chi connectivity index (χ3v) is 7.31. The van der Waals surface area contributed by atoms with Crippen molar-refractivity contribution in [3.05, 3.63) is 64.2 Å². The van der Waals surface area contributed by atoms with Gasteiger partial charge in [-0.3, -0.25) is 4.79 Å². The molecule has 2 aromatic rings. The van der Waals surface area contributed by atoms with E-state index in [9.17, 15) is 9.90 Å². The number of aryl methyl sites for hydroxylation is 2. The minimum atomic E-state index is -0.932. The van der Waals surface area contributed by atoms with Crippen LogP contribution < -0.4 is 10.1 Å². The SMILES string of the molecule is C#C.CCC(CC)(c1ccc(OCC(C)(O)C(C)(C)C)c(C)c1)c1ccc(C(=O)NC)c(C)c1.[HH].[Y]. The molecule has 2 aromatic carbocycles. The molecule has 2 rings (SSSR count). The molecule has 0 fully saturated rings. The van der Waals surface area contributed by atoms with Crippen LogP contribution in [0.3, 0.4) is 0 Å². The Balaban J connectivity index is 0. The molecule has 0 aliphatic heterocycles. The van der Waals surface area contributed by atoms with E-state index >= 15 is 0 Å². The molecule has 35 heavy (non-hydrogen) atoms. The van der Waals surface area contributed by atoms with Crippen molar-refractivity contribution in [2.45, 2.75) is 79.2 Å². The molecule has 0 aliphatic carbocycles. The number of ether oxygens (including phenoxy) is 1. The van der Waals surface area contributed by atoms with E-state index in [4.69, 9.17) is 4.74 Å². The van der Waals surface area contributed by atoms with Crippen LogP contribution in [0.2, 0.25) is 0 Å². The number of aliphatic hydroxyl groups is 1. The molecule has 1 radical (unpaired) electrons. The monoisotopic (exact) mass is 556 g/mol. The van der Waals surface area contributed by atoms with E-state index in [-0.39, 0.29) is 57.5 Å². The van der Waals surface area contributed by atoms with Gasteiger partial charge in [-0.15, -0.1) is 12.8 Å². The number of benzene rings is 2. The van der Waals surface area contributed by atoms with Gasteiger partial charge in [0.2, 0.25) is 0 Å². The Morgan fingerprint density at radius 1 is 0.971 bits per heavy atom. The van der Waals surface area contributed by atoms with Crippen molar-refractivity contribution in [2.24, 2.45) is 5.41 Å². The van der Waals surface area contributed by atoms with Crippen LogP contribution in [-0.2, 0) is 38.1 Å². The van der Waals surface area contributed by atoms with Gasteiger partial charge in [0.05, 0.1) is 0 Å². The second kappa shape index (κ2) is 13.6. The molecule has 191 valence electrons. The predicted octanol–water partition coefficient (Wildman–Crippen LogP) is 6.44. The zero-order valence-electron chi connectivity index (χ0n) is 23.1. The zero-order chi connectivity index (χ0) is 26.3. The number of amides is 1. The number of carbonyl (C=O) groups excluding carboxylic acids is 1. The van der Waals surface area contributed by atoms with E-state index in [1.54, 1.807) is 7.05 Å². The van der Waals surface area contributed by atoms with Crippen LogP contribution in [0.15, 0.2) is 36.4 Å². The first-order chi connectivity index (χ1) is 15.8. The first-order valence-electron chi connectivity index (χ1n) is 12.0. The second-order valence-corrected chi connectivity index (χ2v) is 10.2. The van der Waals surface area contributed by atoms with Crippen molar-refractivity contribution < 1.29 is 48.8 Å². The molecule has 1 amide bonds. The van der Waals surface area contributed by atoms with Gasteiger partial charge in [-0.25, -0.2) is 0 Å². The van der Waals surface area contributed by atoms with Crippen LogP contribution in [0.5, 0.6) is 5.75 Å². The van der Waals surface area contributed by atoms with Gasteiger partial charge in [0.25, 0.3) is 5.91 Å². The van der Waals surface area contributed by atoms with Crippen molar-refractivity contribution >= 4 is 5.91 Å². The molecule has 5 heteroatoms. The minimum Gasteiger partial charge on any atom is -0.490 e. The second-order valence-electron chi connectivity index (χ2n) is 10.2. The van der Waals surface area contributed by atoms with Crippen molar-refractivity contribution in [1.82, 2.24) is 5.32 Å². The Morgan fingerprint density at radius 2 is 1.46 bits per heavy atom. The maximum Gasteiger partial charge on any atom is 0.251 e. The number of rotatable bonds is 8. The predicted molar refractivity (Wildman–Crippen MR) is 145 cm³/mol. The quantitative estimate of drug-likeness (QED) is 0.368. The van der Waals surface area contributed by atoms with E-state index in [0.29, 0.717) is 5.56 Å². The summed E-state index contributed by atoms with van der Waals surface area (Å²) in [5.74, 6) is 0.738. The van der Waals surface area contributed by atoms with Crippen LogP contribution in [0.1, 0.15) is 88.4 Å². The Bertz CT molecular complexity index is 1000. The summed E-state index contributed by atoms with van der Waals surface area (Å²) in [6.45, 7) is 16.6. The van der Waals surface area contributed by atoms with E-state index in [2.05, 4.69) is 63.2 Å². The van der Waals surface area contributed by atoms with Gasteiger partial charge in [-0.2, -0.15) is 0 Å². The Morgan fingerprint density at radius 3 is 1.86 bits per heavy atom. The summed E-state index contributed by atoms with van der Waals surface area (Å²) in [5.41, 5.74) is 3.84. The Kier molecular flexibility index (Phi) is 12.9. The first-order valence-corrected chi connectivity index (χ1v) is 12.0. The first kappa shape index (κ1) is 33.3. The Labute approximate surface area is 240 Å². The number of carbonyl (C=O) groups is 1. The number of hydrogen-bond acceptors (Lipinski definition) is 3. The van der Waals surface area contributed by atoms with Crippen LogP contribution in [0, 0.1) is 32.1 Å². The van der Waals surface area contributed by atoms with E-state index < -0.39 is 5.60 Å². The molecule has 0 heterocycles. The zero-order valence-corrected chi connectivity index (χ0v) is 25.9. The summed E-state index contributed by atoms with van der Waals surface area (Å²) in [6.07, 6.45) is 9.89. The third-order valence-electron chi connectivity index (χ3n) is 7.31. The fraction of sp³-hybridized carbons (Fsp3) is 0.500. The molecular formula is C30H45NO3Y. The number of nitrogens with one attached hydrogen (secondary N) is 1. The van der Waals surface area contributed by atoms with Gasteiger partial charge in [-0.05, 0) is 73.4 Å². The smallest absolute Gasteiger partial charge is 0.251 e. The summed E-state index contributed by atoms with van der Waals surface area (Å²) >= 11 is 0. The largest absolute Gasteiger partial charge is 0.490 e. The van der Waals surface area contributed by atoms with E-state index in [0.717, 1.165) is 29.7 Å². The number of hydrogen-bond donors (Lipinski definition) is 2. The molecule has 0 aromatic heterocycles. The normalized spacial score (nSPS) is 12.9. The molecule has 0 bridgehead atoms. The molecule has 0 spiro atoms. The van der Waals surface area contributed by atoms with Crippen LogP contribution in [-0.4, -0.2) is 30.3 Å². The van der Waals surface area contributed by atoms with E-state index in [1.165, 1.54) is 11.1 Å². The van der Waals surface area contributed by atoms with Gasteiger partial charge in [0.15, 0.2) is 0 Å². The Hall–Kier alpha value is -1.67. The fourth-order valence-electron chi connectivity index (χ4n) is 4.13. The van der Waals surface area contributed by atoms with Gasteiger partial charge < -0.3 is 15.2 Å². The maximum absolute atomic E-state index is 12.1. The third kappa shape index (κ3) is 7.42. The summed E-state index contributed by atoms with van der Waals surface area (Å²) in [6, 6.07) is 12.5. The topological polar surface area (TPSA) is 58.6 Å². The minimum absolute atomic E-state index is 0. The summed E-state index contributed by atoms with van der Waals surface area (Å²) in [4.78, 5) is 12.1. The van der Waals surface area contributed by atoms with Crippen LogP contribution in [0.4, 0.5) is 0 Å². The fourth-order valence-corrected chi connectivity index (χ4v) is 4.13. The average molecular weight is 557 g/mol. The molecule has 1 unspecified atom stereocenters. The van der Waals surface area contributed by atoms with Crippen molar-refractivity contribution in [1.29, 1.82) is 0 Å². The van der Waals surface area contributed by atoms with E-state index in [1.807, 2.05) is 46.8 Å². The molecule has 0 saturated carbocycles. The summed E-state index contributed by atoms with van der Waals surface area (Å²) in [5, 5.41) is 13.5. The molecule has 0 aliphatic rings. The summed E-state index contributed by atoms with van der Waals surface area (Å²) < 4.78 is 6.05. The standard InChI is InChI=1S/C28H41NO3.C2H2.Y.H2/c1-10-28(11-2,21-12-14-23(19(3)16-21)25(30)29-9)22-13-15-24(20(4)17-22)32-18-27(8,31)26(5,6)7;1-2;;/h12-17,31H,10-11,18H2,1-9H3,(H,29,30);1-2H;;1H. The molecular weight excluding hydrogens is 511 g/mol. The average Bonchev–Trinajstić information content (AvgIpc) is 2.80. The van der Waals surface area contributed by atoms with Crippen molar-refractivity contribution in [3.63, 3.8) is 0 Å². The van der Waals surface area contributed by atoms with Crippen LogP contribution in [0.25, 0.3) is 0 Å². The van der Waals surface area contributed by atoms with Gasteiger partial charge in [0, 0.05) is 52.2 Å².